The number of anilines is 1. The Hall–Kier alpha value is -2.62. The number of nitrogens with zero attached hydrogens (tertiary/aromatic N) is 1. The highest BCUT2D eigenvalue weighted by Crippen LogP contribution is 2.31. The quantitative estimate of drug-likeness (QED) is 0.447. The second kappa shape index (κ2) is 7.78. The van der Waals surface area contributed by atoms with E-state index in [1.54, 1.807) is 0 Å². The first-order valence-corrected chi connectivity index (χ1v) is 9.36. The van der Waals surface area contributed by atoms with Crippen molar-refractivity contribution in [3.63, 3.8) is 0 Å². The van der Waals surface area contributed by atoms with Crippen molar-refractivity contribution in [1.82, 2.24) is 4.98 Å². The zero-order valence-corrected chi connectivity index (χ0v) is 17.3. The van der Waals surface area contributed by atoms with Crippen molar-refractivity contribution in [2.24, 2.45) is 5.73 Å². The maximum atomic E-state index is 6.30. The Labute approximate surface area is 172 Å². The summed E-state index contributed by atoms with van der Waals surface area (Å²) in [6, 6.07) is 25.4. The maximum Gasteiger partial charge on any atom is 0.0730 e. The number of para-hydroxylation sites is 1. The number of benzene rings is 3. The van der Waals surface area contributed by atoms with Gasteiger partial charge in [-0.05, 0) is 49.7 Å². The number of hydrogen-bond donors (Lipinski definition) is 2. The lowest BCUT2D eigenvalue weighted by Crippen LogP contribution is -2.47. The Kier molecular flexibility index (Phi) is 5.59. The van der Waals surface area contributed by atoms with Gasteiger partial charge in [0.1, 0.15) is 0 Å². The minimum Gasteiger partial charge on any atom is -0.380 e. The van der Waals surface area contributed by atoms with Crippen molar-refractivity contribution in [3.05, 3.63) is 72.8 Å². The Balaban J connectivity index is 0.00000225. The molecule has 0 fully saturated rings. The summed E-state index contributed by atoms with van der Waals surface area (Å²) in [5.41, 5.74) is 10.1. The molecule has 1 heterocycles. The summed E-state index contributed by atoms with van der Waals surface area (Å²) in [5, 5.41) is 7.17. The molecule has 4 aromatic rings. The second-order valence-corrected chi connectivity index (χ2v) is 7.82. The number of halogens is 1. The van der Waals surface area contributed by atoms with Crippen molar-refractivity contribution in [2.75, 3.05) is 5.32 Å². The molecule has 0 saturated carbocycles. The highest BCUT2D eigenvalue weighted by atomic mass is 35.5. The SMILES string of the molecule is CC(Nc1cc(-c2ccc3ccccc3c2)nc2ccccc12)C(C)(C)N.Cl. The minimum atomic E-state index is -0.326. The molecule has 0 spiro atoms. The molecule has 4 heteroatoms. The molecule has 3 aromatic carbocycles. The van der Waals surface area contributed by atoms with Crippen LogP contribution in [0.1, 0.15) is 20.8 Å². The van der Waals surface area contributed by atoms with E-state index in [1.807, 2.05) is 26.0 Å². The van der Waals surface area contributed by atoms with Gasteiger partial charge in [-0.25, -0.2) is 4.98 Å². The van der Waals surface area contributed by atoms with E-state index >= 15 is 0 Å². The fourth-order valence-corrected chi connectivity index (χ4v) is 3.21. The van der Waals surface area contributed by atoms with Crippen molar-refractivity contribution >= 4 is 39.8 Å². The zero-order chi connectivity index (χ0) is 19.0. The molecular weight excluding hydrogens is 366 g/mol. The molecule has 3 N–H and O–H groups in total. The van der Waals surface area contributed by atoms with Gasteiger partial charge in [0.05, 0.1) is 11.2 Å². The number of aromatic nitrogens is 1. The molecule has 0 amide bonds. The molecule has 1 atom stereocenters. The molecule has 0 saturated heterocycles. The van der Waals surface area contributed by atoms with Crippen molar-refractivity contribution in [2.45, 2.75) is 32.4 Å². The Morgan fingerprint density at radius 1 is 0.893 bits per heavy atom. The molecule has 4 rings (SSSR count). The van der Waals surface area contributed by atoms with Gasteiger partial charge in [0.25, 0.3) is 0 Å². The van der Waals surface area contributed by atoms with E-state index in [9.17, 15) is 0 Å². The summed E-state index contributed by atoms with van der Waals surface area (Å²) in [6.07, 6.45) is 0. The van der Waals surface area contributed by atoms with E-state index in [-0.39, 0.29) is 24.0 Å². The maximum absolute atomic E-state index is 6.30. The van der Waals surface area contributed by atoms with Crippen molar-refractivity contribution < 1.29 is 0 Å². The van der Waals surface area contributed by atoms with E-state index in [4.69, 9.17) is 10.7 Å². The lowest BCUT2D eigenvalue weighted by Gasteiger charge is -2.29. The molecule has 1 aromatic heterocycles. The van der Waals surface area contributed by atoms with E-state index < -0.39 is 0 Å². The number of hydrogen-bond acceptors (Lipinski definition) is 3. The van der Waals surface area contributed by atoms with Gasteiger partial charge in [-0.3, -0.25) is 0 Å². The van der Waals surface area contributed by atoms with Crippen LogP contribution in [0.4, 0.5) is 5.69 Å². The van der Waals surface area contributed by atoms with Gasteiger partial charge in [0.2, 0.25) is 0 Å². The van der Waals surface area contributed by atoms with Gasteiger partial charge >= 0.3 is 0 Å². The summed E-state index contributed by atoms with van der Waals surface area (Å²) >= 11 is 0. The zero-order valence-electron chi connectivity index (χ0n) is 16.4. The first-order chi connectivity index (χ1) is 12.9. The Morgan fingerprint density at radius 3 is 2.32 bits per heavy atom. The fourth-order valence-electron chi connectivity index (χ4n) is 3.21. The number of fused-ring (bicyclic) bond motifs is 2. The molecule has 0 bridgehead atoms. The summed E-state index contributed by atoms with van der Waals surface area (Å²) in [4.78, 5) is 4.91. The van der Waals surface area contributed by atoms with E-state index in [2.05, 4.69) is 72.9 Å². The van der Waals surface area contributed by atoms with Crippen LogP contribution in [0.25, 0.3) is 32.9 Å². The van der Waals surface area contributed by atoms with Gasteiger partial charge in [-0.2, -0.15) is 0 Å². The summed E-state index contributed by atoms with van der Waals surface area (Å²) in [6.45, 7) is 6.20. The molecule has 0 aliphatic heterocycles. The first-order valence-electron chi connectivity index (χ1n) is 9.36. The molecule has 3 nitrogen and oxygen atoms in total. The monoisotopic (exact) mass is 391 g/mol. The van der Waals surface area contributed by atoms with Crippen LogP contribution in [0.15, 0.2) is 72.8 Å². The molecule has 28 heavy (non-hydrogen) atoms. The van der Waals surface area contributed by atoms with E-state index in [0.29, 0.717) is 0 Å². The molecule has 1 unspecified atom stereocenters. The van der Waals surface area contributed by atoms with Gasteiger partial charge < -0.3 is 11.1 Å². The third-order valence-electron chi connectivity index (χ3n) is 5.25. The Bertz CT molecular complexity index is 1120. The van der Waals surface area contributed by atoms with Crippen LogP contribution in [0, 0.1) is 0 Å². The van der Waals surface area contributed by atoms with Crippen molar-refractivity contribution in [1.29, 1.82) is 0 Å². The second-order valence-electron chi connectivity index (χ2n) is 7.82. The number of nitrogens with two attached hydrogens (primary N) is 1. The smallest absolute Gasteiger partial charge is 0.0730 e. The third-order valence-corrected chi connectivity index (χ3v) is 5.25. The molecular formula is C24H26ClN3. The number of rotatable bonds is 4. The molecule has 0 aliphatic rings. The third kappa shape index (κ3) is 3.96. The first kappa shape index (κ1) is 20.1. The molecule has 0 aliphatic carbocycles. The van der Waals surface area contributed by atoms with Crippen LogP contribution in [-0.2, 0) is 0 Å². The van der Waals surface area contributed by atoms with Crippen LogP contribution >= 0.6 is 12.4 Å². The average Bonchev–Trinajstić information content (AvgIpc) is 2.66. The van der Waals surface area contributed by atoms with E-state index in [1.165, 1.54) is 10.8 Å². The lowest BCUT2D eigenvalue weighted by atomic mass is 9.96. The number of pyridine rings is 1. The summed E-state index contributed by atoms with van der Waals surface area (Å²) in [7, 11) is 0. The van der Waals surface area contributed by atoms with Crippen LogP contribution in [0.5, 0.6) is 0 Å². The average molecular weight is 392 g/mol. The van der Waals surface area contributed by atoms with Crippen LogP contribution in [0.2, 0.25) is 0 Å². The predicted molar refractivity (Wildman–Crippen MR) is 123 cm³/mol. The topological polar surface area (TPSA) is 50.9 Å². The summed E-state index contributed by atoms with van der Waals surface area (Å²) < 4.78 is 0. The predicted octanol–water partition coefficient (Wildman–Crippen LogP) is 6.01. The Morgan fingerprint density at radius 2 is 1.57 bits per heavy atom. The molecule has 0 radical (unpaired) electrons. The summed E-state index contributed by atoms with van der Waals surface area (Å²) in [5.74, 6) is 0. The van der Waals surface area contributed by atoms with Gasteiger partial charge in [0.15, 0.2) is 0 Å². The normalized spacial score (nSPS) is 12.6. The minimum absolute atomic E-state index is 0. The highest BCUT2D eigenvalue weighted by Gasteiger charge is 2.21. The highest BCUT2D eigenvalue weighted by molar-refractivity contribution is 5.95. The largest absolute Gasteiger partial charge is 0.380 e. The van der Waals surface area contributed by atoms with Crippen LogP contribution < -0.4 is 11.1 Å². The molecule has 144 valence electrons. The van der Waals surface area contributed by atoms with E-state index in [0.717, 1.165) is 27.8 Å². The van der Waals surface area contributed by atoms with Crippen LogP contribution in [0.3, 0.4) is 0 Å². The number of nitrogens with one attached hydrogen (secondary N) is 1. The van der Waals surface area contributed by atoms with Crippen molar-refractivity contribution in [3.8, 4) is 11.3 Å². The fraction of sp³-hybridized carbons (Fsp3) is 0.208. The van der Waals surface area contributed by atoms with Crippen LogP contribution in [-0.4, -0.2) is 16.6 Å². The standard InChI is InChI=1S/C24H25N3.ClH/c1-16(24(2,3)25)26-23-15-22(27-21-11-7-6-10-20(21)23)19-13-12-17-8-4-5-9-18(17)14-19;/h4-16H,25H2,1-3H3,(H,26,27);1H. The van der Waals surface area contributed by atoms with Gasteiger partial charge in [0, 0.05) is 28.2 Å². The lowest BCUT2D eigenvalue weighted by molar-refractivity contribution is 0.456. The van der Waals surface area contributed by atoms with Gasteiger partial charge in [-0.1, -0.05) is 54.6 Å². The van der Waals surface area contributed by atoms with Gasteiger partial charge in [-0.15, -0.1) is 12.4 Å².